The molecule has 38 heavy (non-hydrogen) atoms. The third-order valence-corrected chi connectivity index (χ3v) is 6.27. The number of nitrogens with zero attached hydrogens (tertiary/aromatic N) is 2. The van der Waals surface area contributed by atoms with Gasteiger partial charge in [-0.2, -0.15) is 4.68 Å². The van der Waals surface area contributed by atoms with Gasteiger partial charge in [-0.05, 0) is 42.6 Å². The Morgan fingerprint density at radius 1 is 1.11 bits per heavy atom. The van der Waals surface area contributed by atoms with Gasteiger partial charge in [-0.1, -0.05) is 76.6 Å². The minimum atomic E-state index is -1.08. The lowest BCUT2D eigenvalue weighted by atomic mass is 9.86. The molecule has 0 spiro atoms. The highest BCUT2D eigenvalue weighted by atomic mass is 16.5. The van der Waals surface area contributed by atoms with Crippen LogP contribution in [-0.4, -0.2) is 39.6 Å². The normalized spacial score (nSPS) is 15.3. The molecule has 1 aliphatic rings. The van der Waals surface area contributed by atoms with E-state index in [2.05, 4.69) is 15.7 Å². The number of nitrogens with one attached hydrogen (secondary N) is 2. The van der Waals surface area contributed by atoms with Crippen LogP contribution < -0.4 is 16.4 Å². The van der Waals surface area contributed by atoms with Crippen molar-refractivity contribution in [2.45, 2.75) is 78.6 Å². The monoisotopic (exact) mass is 526 g/mol. The maximum Gasteiger partial charge on any atom is 0.437 e. The molecule has 1 saturated carbocycles. The molecule has 0 bridgehead atoms. The summed E-state index contributed by atoms with van der Waals surface area (Å²) in [5.74, 6) is -1.67. The molecule has 1 fully saturated rings. The van der Waals surface area contributed by atoms with E-state index in [-0.39, 0.29) is 24.3 Å². The Hall–Kier alpha value is -3.69. The van der Waals surface area contributed by atoms with Gasteiger partial charge in [0, 0.05) is 0 Å². The molecule has 2 N–H and O–H groups in total. The molecule has 1 unspecified atom stereocenters. The third kappa shape index (κ3) is 8.71. The first-order valence-corrected chi connectivity index (χ1v) is 13.2. The Balaban J connectivity index is 1.70. The lowest BCUT2D eigenvalue weighted by Gasteiger charge is -2.24. The lowest BCUT2D eigenvalue weighted by Crippen LogP contribution is -2.51. The second-order valence-electron chi connectivity index (χ2n) is 10.5. The molecule has 10 nitrogen and oxygen atoms in total. The molecule has 1 aliphatic carbocycles. The predicted molar refractivity (Wildman–Crippen MR) is 141 cm³/mol. The molecular formula is C28H38N4O6. The van der Waals surface area contributed by atoms with Crippen LogP contribution in [0.5, 0.6) is 0 Å². The average Bonchev–Trinajstić information content (AvgIpc) is 3.22. The lowest BCUT2D eigenvalue weighted by molar-refractivity contribution is -0.122. The van der Waals surface area contributed by atoms with Crippen LogP contribution in [0.3, 0.4) is 0 Å². The molecule has 2 atom stereocenters. The predicted octanol–water partition coefficient (Wildman–Crippen LogP) is 3.86. The second kappa shape index (κ2) is 13.7. The standard InChI is InChI=1S/C28H38N4O6/c1-18(2)13-14-22(30-27(35)37-17-21-9-6-5-7-10-21)25(34)29-23(15-19(3)4)24(33)26-31-32(28(36)38-26)16-20-11-8-12-20/h5-7,9-10,13-14,18-20,22-23H,8,11-12,15-17H2,1-4H3,(H,29,34)(H,30,35)/b14-13+/t22?,23-/m0/s1. The van der Waals surface area contributed by atoms with E-state index in [0.717, 1.165) is 24.8 Å². The van der Waals surface area contributed by atoms with E-state index in [4.69, 9.17) is 9.15 Å². The molecule has 1 heterocycles. The number of ether oxygens (including phenoxy) is 1. The van der Waals surface area contributed by atoms with E-state index in [0.29, 0.717) is 18.9 Å². The maximum absolute atomic E-state index is 13.3. The zero-order valence-corrected chi connectivity index (χ0v) is 22.5. The molecular weight excluding hydrogens is 488 g/mol. The summed E-state index contributed by atoms with van der Waals surface area (Å²) >= 11 is 0. The van der Waals surface area contributed by atoms with Crippen molar-refractivity contribution >= 4 is 17.8 Å². The van der Waals surface area contributed by atoms with E-state index in [1.165, 1.54) is 4.68 Å². The van der Waals surface area contributed by atoms with Crippen molar-refractivity contribution < 1.29 is 23.5 Å². The second-order valence-corrected chi connectivity index (χ2v) is 10.5. The zero-order valence-electron chi connectivity index (χ0n) is 22.5. The third-order valence-electron chi connectivity index (χ3n) is 6.27. The van der Waals surface area contributed by atoms with Crippen LogP contribution in [0.2, 0.25) is 0 Å². The van der Waals surface area contributed by atoms with Crippen LogP contribution >= 0.6 is 0 Å². The van der Waals surface area contributed by atoms with Crippen molar-refractivity contribution in [3.05, 3.63) is 64.5 Å². The number of hydrogen-bond donors (Lipinski definition) is 2. The number of ketones is 1. The minimum absolute atomic E-state index is 0.0430. The van der Waals surface area contributed by atoms with Gasteiger partial charge in [0.05, 0.1) is 12.6 Å². The van der Waals surface area contributed by atoms with Gasteiger partial charge >= 0.3 is 11.8 Å². The zero-order chi connectivity index (χ0) is 27.7. The first-order chi connectivity index (χ1) is 18.1. The highest BCUT2D eigenvalue weighted by Crippen LogP contribution is 2.27. The molecule has 0 radical (unpaired) electrons. The first-order valence-electron chi connectivity index (χ1n) is 13.2. The van der Waals surface area contributed by atoms with E-state index in [9.17, 15) is 19.2 Å². The fraction of sp³-hybridized carbons (Fsp3) is 0.536. The maximum atomic E-state index is 13.3. The molecule has 3 rings (SSSR count). The Morgan fingerprint density at radius 2 is 1.82 bits per heavy atom. The number of allylic oxidation sites excluding steroid dienone is 1. The summed E-state index contributed by atoms with van der Waals surface area (Å²) < 4.78 is 11.6. The van der Waals surface area contributed by atoms with E-state index in [1.54, 1.807) is 12.2 Å². The Kier molecular flexibility index (Phi) is 10.4. The van der Waals surface area contributed by atoms with Gasteiger partial charge in [0.25, 0.3) is 5.89 Å². The largest absolute Gasteiger partial charge is 0.445 e. The molecule has 1 aromatic heterocycles. The van der Waals surface area contributed by atoms with Crippen LogP contribution in [0.4, 0.5) is 4.79 Å². The number of Topliss-reactive ketones (excluding diaryl/α,β-unsaturated/α-hetero) is 1. The number of alkyl carbamates (subject to hydrolysis) is 1. The van der Waals surface area contributed by atoms with Gasteiger partial charge < -0.3 is 19.8 Å². The van der Waals surface area contributed by atoms with Crippen LogP contribution in [0.25, 0.3) is 0 Å². The summed E-state index contributed by atoms with van der Waals surface area (Å²) in [5, 5.41) is 9.39. The van der Waals surface area contributed by atoms with Gasteiger partial charge in [-0.25, -0.2) is 9.59 Å². The minimum Gasteiger partial charge on any atom is -0.445 e. The number of rotatable bonds is 13. The van der Waals surface area contributed by atoms with Crippen molar-refractivity contribution in [2.75, 3.05) is 0 Å². The van der Waals surface area contributed by atoms with Crippen LogP contribution in [0.15, 0.2) is 51.7 Å². The molecule has 2 amide bonds. The summed E-state index contributed by atoms with van der Waals surface area (Å²) in [6, 6.07) is 7.11. The van der Waals surface area contributed by atoms with Gasteiger partial charge in [-0.3, -0.25) is 9.59 Å². The number of carbonyl (C=O) groups is 3. The number of hydrogen-bond acceptors (Lipinski definition) is 7. The van der Waals surface area contributed by atoms with E-state index >= 15 is 0 Å². The number of carbonyl (C=O) groups excluding carboxylic acids is 3. The molecule has 206 valence electrons. The van der Waals surface area contributed by atoms with Crippen molar-refractivity contribution in [3.63, 3.8) is 0 Å². The summed E-state index contributed by atoms with van der Waals surface area (Å²) in [7, 11) is 0. The van der Waals surface area contributed by atoms with Crippen molar-refractivity contribution in [1.29, 1.82) is 0 Å². The van der Waals surface area contributed by atoms with Gasteiger partial charge in [0.15, 0.2) is 0 Å². The van der Waals surface area contributed by atoms with Crippen molar-refractivity contribution in [2.24, 2.45) is 17.8 Å². The number of benzene rings is 1. The summed E-state index contributed by atoms with van der Waals surface area (Å²) in [4.78, 5) is 51.3. The van der Waals surface area contributed by atoms with E-state index in [1.807, 2.05) is 58.0 Å². The fourth-order valence-electron chi connectivity index (χ4n) is 3.98. The Bertz CT molecular complexity index is 1160. The number of amides is 2. The fourth-order valence-corrected chi connectivity index (χ4v) is 3.98. The quantitative estimate of drug-likeness (QED) is 0.299. The van der Waals surface area contributed by atoms with Crippen LogP contribution in [-0.2, 0) is 22.7 Å². The first kappa shape index (κ1) is 28.9. The summed E-state index contributed by atoms with van der Waals surface area (Å²) in [5.41, 5.74) is 0.808. The molecule has 0 saturated heterocycles. The summed E-state index contributed by atoms with van der Waals surface area (Å²) in [6.45, 7) is 8.15. The van der Waals surface area contributed by atoms with Gasteiger partial charge in [0.1, 0.15) is 12.6 Å². The van der Waals surface area contributed by atoms with Crippen molar-refractivity contribution in [3.8, 4) is 0 Å². The van der Waals surface area contributed by atoms with Gasteiger partial charge in [0.2, 0.25) is 11.7 Å². The molecule has 10 heteroatoms. The van der Waals surface area contributed by atoms with Gasteiger partial charge in [-0.15, -0.1) is 5.10 Å². The van der Waals surface area contributed by atoms with Crippen molar-refractivity contribution in [1.82, 2.24) is 20.4 Å². The smallest absolute Gasteiger partial charge is 0.437 e. The Labute approximate surface area is 222 Å². The average molecular weight is 527 g/mol. The van der Waals surface area contributed by atoms with Crippen LogP contribution in [0.1, 0.15) is 69.6 Å². The van der Waals surface area contributed by atoms with Crippen LogP contribution in [0, 0.1) is 17.8 Å². The Morgan fingerprint density at radius 3 is 2.42 bits per heavy atom. The molecule has 1 aromatic carbocycles. The van der Waals surface area contributed by atoms with E-state index < -0.39 is 35.6 Å². The summed E-state index contributed by atoms with van der Waals surface area (Å²) in [6.07, 6.45) is 6.02. The topological polar surface area (TPSA) is 133 Å². The SMILES string of the molecule is CC(C)/C=C/C(NC(=O)OCc1ccccc1)C(=O)N[C@@H](CC(C)C)C(=O)c1nn(CC2CCC2)c(=O)o1. The number of aromatic nitrogens is 2. The highest BCUT2D eigenvalue weighted by Gasteiger charge is 2.31. The highest BCUT2D eigenvalue weighted by molar-refractivity contribution is 5.99. The molecule has 2 aromatic rings. The molecule has 0 aliphatic heterocycles.